The first-order valence-corrected chi connectivity index (χ1v) is 3.06. The van der Waals surface area contributed by atoms with E-state index in [2.05, 4.69) is 6.92 Å². The SMILES string of the molecule is CCC1(N)CCC1.Cl. The lowest BCUT2D eigenvalue weighted by Crippen LogP contribution is -2.45. The topological polar surface area (TPSA) is 26.0 Å². The fourth-order valence-electron chi connectivity index (χ4n) is 0.984. The number of nitrogens with two attached hydrogens (primary N) is 1. The van der Waals surface area contributed by atoms with E-state index in [1.54, 1.807) is 0 Å². The zero-order valence-electron chi connectivity index (χ0n) is 5.31. The van der Waals surface area contributed by atoms with Crippen LogP contribution in [0.15, 0.2) is 0 Å². The summed E-state index contributed by atoms with van der Waals surface area (Å²) in [6, 6.07) is 0. The largest absolute Gasteiger partial charge is 0.325 e. The Balaban J connectivity index is 0.000000490. The summed E-state index contributed by atoms with van der Waals surface area (Å²) in [5.74, 6) is 0. The molecular formula is C6H14ClN. The predicted molar refractivity (Wildman–Crippen MR) is 38.3 cm³/mol. The summed E-state index contributed by atoms with van der Waals surface area (Å²) in [5.41, 5.74) is 6.07. The number of hydrogen-bond acceptors (Lipinski definition) is 1. The molecule has 0 spiro atoms. The van der Waals surface area contributed by atoms with Gasteiger partial charge in [-0.25, -0.2) is 0 Å². The van der Waals surface area contributed by atoms with Gasteiger partial charge in [-0.15, -0.1) is 12.4 Å². The molecule has 2 N–H and O–H groups in total. The van der Waals surface area contributed by atoms with Crippen LogP contribution in [-0.2, 0) is 0 Å². The van der Waals surface area contributed by atoms with Crippen LogP contribution in [0.5, 0.6) is 0 Å². The Hall–Kier alpha value is 0.250. The summed E-state index contributed by atoms with van der Waals surface area (Å²) >= 11 is 0. The predicted octanol–water partition coefficient (Wildman–Crippen LogP) is 1.70. The minimum Gasteiger partial charge on any atom is -0.325 e. The Bertz CT molecular complexity index is 63.4. The zero-order chi connectivity index (χ0) is 5.33. The molecule has 0 bridgehead atoms. The molecule has 50 valence electrons. The molecule has 0 aromatic carbocycles. The molecular weight excluding hydrogens is 122 g/mol. The standard InChI is InChI=1S/C6H13N.ClH/c1-2-6(7)4-3-5-6;/h2-5,7H2,1H3;1H. The highest BCUT2D eigenvalue weighted by Gasteiger charge is 2.29. The number of rotatable bonds is 1. The molecule has 0 aliphatic heterocycles. The zero-order valence-corrected chi connectivity index (χ0v) is 6.13. The van der Waals surface area contributed by atoms with Gasteiger partial charge in [-0.1, -0.05) is 6.92 Å². The van der Waals surface area contributed by atoms with E-state index in [0.29, 0.717) is 0 Å². The molecule has 0 heterocycles. The van der Waals surface area contributed by atoms with Crippen molar-refractivity contribution in [1.82, 2.24) is 0 Å². The molecule has 0 aromatic rings. The van der Waals surface area contributed by atoms with Crippen LogP contribution in [0, 0.1) is 0 Å². The van der Waals surface area contributed by atoms with E-state index in [1.807, 2.05) is 0 Å². The Morgan fingerprint density at radius 1 is 1.50 bits per heavy atom. The van der Waals surface area contributed by atoms with Crippen LogP contribution in [0.2, 0.25) is 0 Å². The van der Waals surface area contributed by atoms with E-state index in [9.17, 15) is 0 Å². The van der Waals surface area contributed by atoms with E-state index < -0.39 is 0 Å². The summed E-state index contributed by atoms with van der Waals surface area (Å²) in [4.78, 5) is 0. The summed E-state index contributed by atoms with van der Waals surface area (Å²) in [6.45, 7) is 2.17. The molecule has 1 aliphatic carbocycles. The molecule has 1 saturated carbocycles. The molecule has 0 atom stereocenters. The van der Waals surface area contributed by atoms with Crippen molar-refractivity contribution in [2.45, 2.75) is 38.1 Å². The molecule has 8 heavy (non-hydrogen) atoms. The van der Waals surface area contributed by atoms with Gasteiger partial charge >= 0.3 is 0 Å². The average Bonchev–Trinajstić information content (AvgIpc) is 1.61. The van der Waals surface area contributed by atoms with Gasteiger partial charge in [0.05, 0.1) is 0 Å². The highest BCUT2D eigenvalue weighted by molar-refractivity contribution is 5.85. The van der Waals surface area contributed by atoms with E-state index in [-0.39, 0.29) is 17.9 Å². The highest BCUT2D eigenvalue weighted by atomic mass is 35.5. The van der Waals surface area contributed by atoms with Gasteiger partial charge in [-0.05, 0) is 25.7 Å². The van der Waals surface area contributed by atoms with E-state index in [4.69, 9.17) is 5.73 Å². The minimum absolute atomic E-state index is 0. The van der Waals surface area contributed by atoms with Crippen molar-refractivity contribution in [3.05, 3.63) is 0 Å². The highest BCUT2D eigenvalue weighted by Crippen LogP contribution is 2.31. The second-order valence-electron chi connectivity index (χ2n) is 2.57. The van der Waals surface area contributed by atoms with Gasteiger partial charge in [-0.3, -0.25) is 0 Å². The monoisotopic (exact) mass is 135 g/mol. The van der Waals surface area contributed by atoms with Crippen molar-refractivity contribution < 1.29 is 0 Å². The maximum absolute atomic E-state index is 5.80. The molecule has 0 radical (unpaired) electrons. The summed E-state index contributed by atoms with van der Waals surface area (Å²) in [5, 5.41) is 0. The van der Waals surface area contributed by atoms with Crippen LogP contribution < -0.4 is 5.73 Å². The lowest BCUT2D eigenvalue weighted by molar-refractivity contribution is 0.241. The van der Waals surface area contributed by atoms with E-state index >= 15 is 0 Å². The van der Waals surface area contributed by atoms with Gasteiger partial charge < -0.3 is 5.73 Å². The van der Waals surface area contributed by atoms with E-state index in [1.165, 1.54) is 19.3 Å². The lowest BCUT2D eigenvalue weighted by atomic mass is 9.76. The molecule has 0 saturated heterocycles. The number of hydrogen-bond donors (Lipinski definition) is 1. The third-order valence-electron chi connectivity index (χ3n) is 2.05. The summed E-state index contributed by atoms with van der Waals surface area (Å²) in [6.07, 6.45) is 5.02. The van der Waals surface area contributed by atoms with E-state index in [0.717, 1.165) is 6.42 Å². The average molecular weight is 136 g/mol. The fourth-order valence-corrected chi connectivity index (χ4v) is 0.984. The maximum atomic E-state index is 5.80. The molecule has 1 rings (SSSR count). The molecule has 1 nitrogen and oxygen atoms in total. The minimum atomic E-state index is 0. The fraction of sp³-hybridized carbons (Fsp3) is 1.00. The van der Waals surface area contributed by atoms with Crippen molar-refractivity contribution in [1.29, 1.82) is 0 Å². The van der Waals surface area contributed by atoms with Crippen molar-refractivity contribution in [2.75, 3.05) is 0 Å². The molecule has 1 fully saturated rings. The molecule has 0 aromatic heterocycles. The van der Waals surface area contributed by atoms with Gasteiger partial charge in [-0.2, -0.15) is 0 Å². The summed E-state index contributed by atoms with van der Waals surface area (Å²) < 4.78 is 0. The first kappa shape index (κ1) is 8.25. The normalized spacial score (nSPS) is 23.2. The lowest BCUT2D eigenvalue weighted by Gasteiger charge is -2.36. The Kier molecular flexibility index (Phi) is 2.78. The van der Waals surface area contributed by atoms with Crippen LogP contribution in [0.25, 0.3) is 0 Å². The van der Waals surface area contributed by atoms with Gasteiger partial charge in [0.15, 0.2) is 0 Å². The van der Waals surface area contributed by atoms with Crippen molar-refractivity contribution in [3.8, 4) is 0 Å². The quantitative estimate of drug-likeness (QED) is 0.582. The van der Waals surface area contributed by atoms with Crippen LogP contribution >= 0.6 is 12.4 Å². The maximum Gasteiger partial charge on any atom is 0.0151 e. The Morgan fingerprint density at radius 2 is 2.00 bits per heavy atom. The van der Waals surface area contributed by atoms with Crippen molar-refractivity contribution in [2.24, 2.45) is 5.73 Å². The molecule has 2 heteroatoms. The second-order valence-corrected chi connectivity index (χ2v) is 2.57. The van der Waals surface area contributed by atoms with Gasteiger partial charge in [0.2, 0.25) is 0 Å². The first-order valence-electron chi connectivity index (χ1n) is 3.06. The van der Waals surface area contributed by atoms with Crippen LogP contribution in [0.1, 0.15) is 32.6 Å². The van der Waals surface area contributed by atoms with Crippen LogP contribution in [0.3, 0.4) is 0 Å². The molecule has 0 amide bonds. The molecule has 0 unspecified atom stereocenters. The first-order chi connectivity index (χ1) is 3.27. The number of halogens is 1. The summed E-state index contributed by atoms with van der Waals surface area (Å²) in [7, 11) is 0. The Morgan fingerprint density at radius 3 is 2.00 bits per heavy atom. The second kappa shape index (κ2) is 2.70. The molecule has 1 aliphatic rings. The smallest absolute Gasteiger partial charge is 0.0151 e. The Labute approximate surface area is 57.1 Å². The third-order valence-corrected chi connectivity index (χ3v) is 2.05. The third kappa shape index (κ3) is 1.36. The van der Waals surface area contributed by atoms with Crippen molar-refractivity contribution in [3.63, 3.8) is 0 Å². The van der Waals surface area contributed by atoms with Crippen molar-refractivity contribution >= 4 is 12.4 Å². The van der Waals surface area contributed by atoms with Gasteiger partial charge in [0.1, 0.15) is 0 Å². The van der Waals surface area contributed by atoms with Crippen LogP contribution in [-0.4, -0.2) is 5.54 Å². The van der Waals surface area contributed by atoms with Crippen LogP contribution in [0.4, 0.5) is 0 Å². The van der Waals surface area contributed by atoms with Gasteiger partial charge in [0.25, 0.3) is 0 Å². The van der Waals surface area contributed by atoms with Gasteiger partial charge in [0, 0.05) is 5.54 Å².